The Hall–Kier alpha value is -2.15. The number of pyridine rings is 1. The Bertz CT molecular complexity index is 523. The fraction of sp³-hybridized carbons (Fsp3) is 0.500. The third-order valence-electron chi connectivity index (χ3n) is 3.18. The Morgan fingerprint density at radius 3 is 2.67 bits per heavy atom. The van der Waals surface area contributed by atoms with Crippen molar-refractivity contribution in [2.45, 2.75) is 19.4 Å². The smallest absolute Gasteiger partial charge is 0.339 e. The van der Waals surface area contributed by atoms with Crippen molar-refractivity contribution in [3.8, 4) is 0 Å². The molecule has 1 aliphatic heterocycles. The van der Waals surface area contributed by atoms with Crippen LogP contribution in [-0.4, -0.2) is 53.9 Å². The van der Waals surface area contributed by atoms with Crippen molar-refractivity contribution in [1.29, 1.82) is 0 Å². The van der Waals surface area contributed by atoms with Crippen LogP contribution >= 0.6 is 0 Å². The molecule has 2 rings (SSSR count). The number of hydrogen-bond acceptors (Lipinski definition) is 6. The van der Waals surface area contributed by atoms with Gasteiger partial charge in [-0.15, -0.1) is 0 Å². The van der Waals surface area contributed by atoms with Crippen molar-refractivity contribution in [3.63, 3.8) is 0 Å². The van der Waals surface area contributed by atoms with E-state index in [0.717, 1.165) is 5.82 Å². The first kappa shape index (κ1) is 15.2. The van der Waals surface area contributed by atoms with E-state index in [-0.39, 0.29) is 6.61 Å². The number of anilines is 1. The van der Waals surface area contributed by atoms with Gasteiger partial charge in [0.1, 0.15) is 18.0 Å². The topological polar surface area (TPSA) is 89.0 Å². The highest BCUT2D eigenvalue weighted by atomic mass is 16.5. The second kappa shape index (κ2) is 6.09. The molecule has 1 aliphatic rings. The highest BCUT2D eigenvalue weighted by Crippen LogP contribution is 2.28. The Morgan fingerprint density at radius 2 is 2.14 bits per heavy atom. The molecule has 1 fully saturated rings. The Morgan fingerprint density at radius 1 is 1.43 bits per heavy atom. The average Bonchev–Trinajstić information content (AvgIpc) is 2.42. The van der Waals surface area contributed by atoms with Gasteiger partial charge in [-0.2, -0.15) is 0 Å². The molecule has 0 atom stereocenters. The van der Waals surface area contributed by atoms with Gasteiger partial charge in [0.15, 0.2) is 0 Å². The molecule has 1 N–H and O–H groups in total. The molecule has 0 spiro atoms. The first-order chi connectivity index (χ1) is 9.93. The van der Waals surface area contributed by atoms with E-state index in [2.05, 4.69) is 4.98 Å². The number of esters is 1. The molecular formula is C14H18N2O5. The largest absolute Gasteiger partial charge is 0.480 e. The lowest BCUT2D eigenvalue weighted by Crippen LogP contribution is -2.62. The summed E-state index contributed by atoms with van der Waals surface area (Å²) >= 11 is 0. The van der Waals surface area contributed by atoms with Crippen molar-refractivity contribution in [3.05, 3.63) is 23.9 Å². The quantitative estimate of drug-likeness (QED) is 0.781. The van der Waals surface area contributed by atoms with Crippen molar-refractivity contribution in [1.82, 2.24) is 4.98 Å². The summed E-state index contributed by atoms with van der Waals surface area (Å²) in [5.41, 5.74) is -0.0640. The number of nitrogens with zero attached hydrogens (tertiary/aromatic N) is 2. The van der Waals surface area contributed by atoms with Gasteiger partial charge in [0.2, 0.25) is 0 Å². The van der Waals surface area contributed by atoms with Gasteiger partial charge in [-0.25, -0.2) is 14.6 Å². The minimum atomic E-state index is -0.980. The van der Waals surface area contributed by atoms with Crippen LogP contribution in [0.5, 0.6) is 0 Å². The predicted molar refractivity (Wildman–Crippen MR) is 74.4 cm³/mol. The molecule has 0 unspecified atom stereocenters. The summed E-state index contributed by atoms with van der Waals surface area (Å²) in [6.45, 7) is 4.75. The zero-order valence-electron chi connectivity index (χ0n) is 12.0. The number of carbonyl (C=O) groups is 2. The number of carbonyl (C=O) groups excluding carboxylic acids is 1. The molecule has 21 heavy (non-hydrogen) atoms. The normalized spacial score (nSPS) is 16.2. The molecule has 1 saturated heterocycles. The van der Waals surface area contributed by atoms with E-state index in [1.165, 1.54) is 6.20 Å². The standard InChI is InChI=1S/C14H18N2O5/c1-3-20-13(19)10-4-5-11(15-6-10)16-8-14(2,9-16)21-7-12(17)18/h4-6H,3,7-9H2,1-2H3,(H,17,18). The summed E-state index contributed by atoms with van der Waals surface area (Å²) in [4.78, 5) is 28.2. The summed E-state index contributed by atoms with van der Waals surface area (Å²) in [5.74, 6) is -0.652. The van der Waals surface area contributed by atoms with E-state index < -0.39 is 17.5 Å². The van der Waals surface area contributed by atoms with Crippen LogP contribution in [0.25, 0.3) is 0 Å². The molecule has 7 nitrogen and oxygen atoms in total. The van der Waals surface area contributed by atoms with Crippen molar-refractivity contribution in [2.24, 2.45) is 0 Å². The second-order valence-corrected chi connectivity index (χ2v) is 5.11. The Kier molecular flexibility index (Phi) is 4.42. The zero-order chi connectivity index (χ0) is 15.5. The summed E-state index contributed by atoms with van der Waals surface area (Å²) in [6, 6.07) is 3.40. The van der Waals surface area contributed by atoms with E-state index in [4.69, 9.17) is 14.6 Å². The summed E-state index contributed by atoms with van der Waals surface area (Å²) < 4.78 is 10.2. The molecule has 2 heterocycles. The highest BCUT2D eigenvalue weighted by molar-refractivity contribution is 5.89. The first-order valence-corrected chi connectivity index (χ1v) is 6.67. The van der Waals surface area contributed by atoms with Gasteiger partial charge < -0.3 is 19.5 Å². The van der Waals surface area contributed by atoms with E-state index in [9.17, 15) is 9.59 Å². The fourth-order valence-electron chi connectivity index (χ4n) is 2.16. The first-order valence-electron chi connectivity index (χ1n) is 6.67. The molecule has 0 aromatic carbocycles. The summed E-state index contributed by atoms with van der Waals surface area (Å²) in [7, 11) is 0. The monoisotopic (exact) mass is 294 g/mol. The number of carboxylic acids is 1. The number of hydrogen-bond donors (Lipinski definition) is 1. The summed E-state index contributed by atoms with van der Waals surface area (Å²) in [5, 5.41) is 8.61. The molecule has 0 aliphatic carbocycles. The van der Waals surface area contributed by atoms with Crippen LogP contribution in [0.2, 0.25) is 0 Å². The lowest BCUT2D eigenvalue weighted by molar-refractivity contribution is -0.150. The van der Waals surface area contributed by atoms with Crippen LogP contribution in [0.1, 0.15) is 24.2 Å². The molecule has 0 saturated carbocycles. The number of carboxylic acid groups (broad SMARTS) is 1. The lowest BCUT2D eigenvalue weighted by Gasteiger charge is -2.47. The average molecular weight is 294 g/mol. The molecule has 1 aromatic heterocycles. The number of ether oxygens (including phenoxy) is 2. The fourth-order valence-corrected chi connectivity index (χ4v) is 2.16. The third kappa shape index (κ3) is 3.69. The minimum Gasteiger partial charge on any atom is -0.480 e. The van der Waals surface area contributed by atoms with Gasteiger partial charge in [0, 0.05) is 19.3 Å². The number of aromatic nitrogens is 1. The third-order valence-corrected chi connectivity index (χ3v) is 3.18. The number of aliphatic carboxylic acids is 1. The van der Waals surface area contributed by atoms with Crippen LogP contribution < -0.4 is 4.90 Å². The van der Waals surface area contributed by atoms with Gasteiger partial charge in [-0.1, -0.05) is 0 Å². The van der Waals surface area contributed by atoms with Gasteiger partial charge in [-0.3, -0.25) is 0 Å². The van der Waals surface area contributed by atoms with Gasteiger partial charge in [0.25, 0.3) is 0 Å². The van der Waals surface area contributed by atoms with Crippen LogP contribution in [0.4, 0.5) is 5.82 Å². The van der Waals surface area contributed by atoms with Crippen LogP contribution in [-0.2, 0) is 14.3 Å². The maximum Gasteiger partial charge on any atom is 0.339 e. The highest BCUT2D eigenvalue weighted by Gasteiger charge is 2.40. The van der Waals surface area contributed by atoms with E-state index in [1.54, 1.807) is 19.1 Å². The molecule has 0 amide bonds. The Labute approximate surface area is 122 Å². The van der Waals surface area contributed by atoms with Gasteiger partial charge >= 0.3 is 11.9 Å². The Balaban J connectivity index is 1.90. The van der Waals surface area contributed by atoms with Crippen LogP contribution in [0.15, 0.2) is 18.3 Å². The summed E-state index contributed by atoms with van der Waals surface area (Å²) in [6.07, 6.45) is 1.47. The number of rotatable bonds is 6. The van der Waals surface area contributed by atoms with Crippen molar-refractivity contribution in [2.75, 3.05) is 31.2 Å². The lowest BCUT2D eigenvalue weighted by atomic mass is 9.96. The predicted octanol–water partition coefficient (Wildman–Crippen LogP) is 0.938. The molecule has 7 heteroatoms. The van der Waals surface area contributed by atoms with Crippen molar-refractivity contribution < 1.29 is 24.2 Å². The van der Waals surface area contributed by atoms with Gasteiger partial charge in [-0.05, 0) is 26.0 Å². The van der Waals surface area contributed by atoms with Crippen molar-refractivity contribution >= 4 is 17.8 Å². The zero-order valence-corrected chi connectivity index (χ0v) is 12.0. The SMILES string of the molecule is CCOC(=O)c1ccc(N2CC(C)(OCC(=O)O)C2)nc1. The molecular weight excluding hydrogens is 276 g/mol. The molecule has 0 bridgehead atoms. The van der Waals surface area contributed by atoms with Crippen LogP contribution in [0.3, 0.4) is 0 Å². The molecule has 114 valence electrons. The van der Waals surface area contributed by atoms with E-state index in [0.29, 0.717) is 25.3 Å². The van der Waals surface area contributed by atoms with E-state index in [1.807, 2.05) is 11.8 Å². The van der Waals surface area contributed by atoms with Gasteiger partial charge in [0.05, 0.1) is 12.2 Å². The van der Waals surface area contributed by atoms with Crippen LogP contribution in [0, 0.1) is 0 Å². The maximum absolute atomic E-state index is 11.5. The molecule has 0 radical (unpaired) electrons. The second-order valence-electron chi connectivity index (χ2n) is 5.11. The maximum atomic E-state index is 11.5. The minimum absolute atomic E-state index is 0.306. The van der Waals surface area contributed by atoms with E-state index >= 15 is 0 Å². The molecule has 1 aromatic rings.